The Balaban J connectivity index is 0.000000781. The van der Waals surface area contributed by atoms with Crippen molar-refractivity contribution in [1.82, 2.24) is 4.90 Å². The Kier molecular flexibility index (Phi) is 3.98. The number of likely N-dealkylation sites (tertiary alicyclic amines) is 1. The molecular weight excluding hydrogens is 382 g/mol. The summed E-state index contributed by atoms with van der Waals surface area (Å²) in [5.41, 5.74) is 2.26. The van der Waals surface area contributed by atoms with Crippen molar-refractivity contribution < 1.29 is 14.6 Å². The Labute approximate surface area is 152 Å². The van der Waals surface area contributed by atoms with E-state index in [2.05, 4.69) is 11.9 Å². The second-order valence-corrected chi connectivity index (χ2v) is 7.10. The molecule has 2 fully saturated rings. The summed E-state index contributed by atoms with van der Waals surface area (Å²) in [6, 6.07) is 4.26. The third-order valence-corrected chi connectivity index (χ3v) is 6.39. The van der Waals surface area contributed by atoms with Crippen LogP contribution in [-0.2, 0) is 16.6 Å². The van der Waals surface area contributed by atoms with E-state index in [-0.39, 0.29) is 52.4 Å². The van der Waals surface area contributed by atoms with Gasteiger partial charge in [-0.3, -0.25) is 4.79 Å². The lowest BCUT2D eigenvalue weighted by Crippen LogP contribution is -2.65. The summed E-state index contributed by atoms with van der Waals surface area (Å²) in [5.74, 6) is 1.50. The largest absolute Gasteiger partial charge is 0.504 e. The van der Waals surface area contributed by atoms with Gasteiger partial charge in [-0.15, -0.1) is 29.4 Å². The molecule has 1 N–H and O–H groups in total. The maximum atomic E-state index is 12.5. The summed E-state index contributed by atoms with van der Waals surface area (Å²) < 4.78 is 6.04. The molecule has 1 aromatic carbocycles. The van der Waals surface area contributed by atoms with Crippen molar-refractivity contribution in [2.75, 3.05) is 13.6 Å². The molecular formula is C17H21BrClNO3. The maximum absolute atomic E-state index is 12.5. The molecule has 0 unspecified atom stereocenters. The lowest BCUT2D eigenvalue weighted by molar-refractivity contribution is -0.138. The number of nitrogens with zero attached hydrogens (tertiary/aromatic N) is 1. The lowest BCUT2D eigenvalue weighted by Gasteiger charge is -2.57. The van der Waals surface area contributed by atoms with Gasteiger partial charge in [-0.05, 0) is 50.4 Å². The van der Waals surface area contributed by atoms with Crippen molar-refractivity contribution in [2.24, 2.45) is 5.92 Å². The van der Waals surface area contributed by atoms with Gasteiger partial charge in [0.1, 0.15) is 0 Å². The molecule has 2 heterocycles. The predicted molar refractivity (Wildman–Crippen MR) is 94.2 cm³/mol. The van der Waals surface area contributed by atoms with Gasteiger partial charge in [0.25, 0.3) is 0 Å². The first kappa shape index (κ1) is 17.1. The van der Waals surface area contributed by atoms with Crippen LogP contribution in [0, 0.1) is 5.92 Å². The first-order valence-corrected chi connectivity index (χ1v) is 7.88. The van der Waals surface area contributed by atoms with Gasteiger partial charge < -0.3 is 14.7 Å². The zero-order valence-corrected chi connectivity index (χ0v) is 15.5. The number of piperidine rings is 1. The quantitative estimate of drug-likeness (QED) is 0.725. The number of phenols is 1. The molecule has 126 valence electrons. The van der Waals surface area contributed by atoms with Gasteiger partial charge in [0.05, 0.1) is 0 Å². The van der Waals surface area contributed by atoms with E-state index in [0.717, 1.165) is 31.4 Å². The molecule has 1 saturated carbocycles. The number of rotatable bonds is 0. The summed E-state index contributed by atoms with van der Waals surface area (Å²) in [6.45, 7) is 1.00. The molecule has 4 nitrogen and oxygen atoms in total. The number of likely N-dealkylation sites (N-methyl/N-ethyl adjacent to an activating group) is 1. The molecule has 0 radical (unpaired) electrons. The number of ether oxygens (including phenoxy) is 1. The molecule has 6 heteroatoms. The van der Waals surface area contributed by atoms with E-state index in [9.17, 15) is 9.90 Å². The topological polar surface area (TPSA) is 49.8 Å². The number of benzene rings is 1. The normalized spacial score (nSPS) is 36.4. The molecule has 23 heavy (non-hydrogen) atoms. The van der Waals surface area contributed by atoms with Crippen LogP contribution in [0.4, 0.5) is 0 Å². The van der Waals surface area contributed by atoms with Crippen molar-refractivity contribution in [1.29, 1.82) is 0 Å². The summed E-state index contributed by atoms with van der Waals surface area (Å²) in [7, 11) is 2.20. The SMILES string of the molecule is Br.CN1CC[C@]23c4c5ccc(O)c4O[C@H]2C(=O)CC[C@H]3[C@H]1C5.Cl. The van der Waals surface area contributed by atoms with Crippen molar-refractivity contribution in [2.45, 2.75) is 43.2 Å². The highest BCUT2D eigenvalue weighted by Gasteiger charge is 2.65. The van der Waals surface area contributed by atoms with Gasteiger partial charge in [0.15, 0.2) is 23.4 Å². The van der Waals surface area contributed by atoms with Crippen LogP contribution < -0.4 is 4.74 Å². The van der Waals surface area contributed by atoms with E-state index < -0.39 is 0 Å². The average Bonchev–Trinajstić information content (AvgIpc) is 2.83. The van der Waals surface area contributed by atoms with Crippen molar-refractivity contribution >= 4 is 35.2 Å². The number of carbonyl (C=O) groups is 1. The second kappa shape index (κ2) is 5.36. The molecule has 0 aromatic heterocycles. The average molecular weight is 403 g/mol. The van der Waals surface area contributed by atoms with E-state index in [1.165, 1.54) is 5.56 Å². The Bertz CT molecular complexity index is 682. The van der Waals surface area contributed by atoms with Crippen LogP contribution in [0.3, 0.4) is 0 Å². The fourth-order valence-corrected chi connectivity index (χ4v) is 5.52. The van der Waals surface area contributed by atoms with Gasteiger partial charge in [0.2, 0.25) is 0 Å². The summed E-state index contributed by atoms with van der Waals surface area (Å²) in [4.78, 5) is 14.9. The zero-order chi connectivity index (χ0) is 14.4. The Hall–Kier alpha value is -0.780. The fraction of sp³-hybridized carbons (Fsp3) is 0.588. The van der Waals surface area contributed by atoms with Crippen LogP contribution in [0.15, 0.2) is 12.1 Å². The molecule has 1 spiro atoms. The number of aromatic hydroxyl groups is 1. The number of hydrogen-bond donors (Lipinski definition) is 1. The van der Waals surface area contributed by atoms with Crippen LogP contribution in [0.2, 0.25) is 0 Å². The number of ketones is 1. The van der Waals surface area contributed by atoms with E-state index in [0.29, 0.717) is 24.1 Å². The van der Waals surface area contributed by atoms with Gasteiger partial charge in [-0.25, -0.2) is 0 Å². The molecule has 2 aliphatic carbocycles. The minimum absolute atomic E-state index is 0. The van der Waals surface area contributed by atoms with E-state index in [1.54, 1.807) is 6.07 Å². The van der Waals surface area contributed by atoms with Crippen LogP contribution in [0.1, 0.15) is 30.4 Å². The highest BCUT2D eigenvalue weighted by atomic mass is 79.9. The number of Topliss-reactive ketones (excluding diaryl/α,β-unsaturated/α-hetero) is 1. The van der Waals surface area contributed by atoms with Crippen LogP contribution in [0.5, 0.6) is 11.5 Å². The summed E-state index contributed by atoms with van der Waals surface area (Å²) >= 11 is 0. The smallest absolute Gasteiger partial charge is 0.174 e. The van der Waals surface area contributed by atoms with Crippen molar-refractivity contribution in [3.8, 4) is 11.5 Å². The number of carbonyl (C=O) groups excluding carboxylic acids is 1. The molecule has 4 aliphatic rings. The lowest BCUT2D eigenvalue weighted by atomic mass is 9.52. The van der Waals surface area contributed by atoms with Gasteiger partial charge in [0, 0.05) is 23.4 Å². The number of hydrogen-bond acceptors (Lipinski definition) is 4. The third-order valence-electron chi connectivity index (χ3n) is 6.39. The second-order valence-electron chi connectivity index (χ2n) is 7.10. The minimum atomic E-state index is -0.366. The predicted octanol–water partition coefficient (Wildman–Crippen LogP) is 2.63. The molecule has 2 bridgehead atoms. The summed E-state index contributed by atoms with van der Waals surface area (Å²) in [5, 5.41) is 10.2. The van der Waals surface area contributed by atoms with E-state index >= 15 is 0 Å². The van der Waals surface area contributed by atoms with E-state index in [4.69, 9.17) is 4.74 Å². The van der Waals surface area contributed by atoms with Gasteiger partial charge in [-0.2, -0.15) is 0 Å². The molecule has 1 saturated heterocycles. The van der Waals surface area contributed by atoms with Crippen molar-refractivity contribution in [3.63, 3.8) is 0 Å². The minimum Gasteiger partial charge on any atom is -0.504 e. The number of halogens is 2. The highest BCUT2D eigenvalue weighted by molar-refractivity contribution is 8.93. The van der Waals surface area contributed by atoms with Crippen LogP contribution >= 0.6 is 29.4 Å². The zero-order valence-electron chi connectivity index (χ0n) is 12.9. The van der Waals surface area contributed by atoms with E-state index in [1.807, 2.05) is 6.07 Å². The summed E-state index contributed by atoms with van der Waals surface area (Å²) in [6.07, 6.45) is 3.18. The molecule has 0 amide bonds. The van der Waals surface area contributed by atoms with Crippen LogP contribution in [0.25, 0.3) is 0 Å². The Morgan fingerprint density at radius 2 is 2.17 bits per heavy atom. The first-order chi connectivity index (χ1) is 10.1. The third kappa shape index (κ3) is 1.84. The highest BCUT2D eigenvalue weighted by Crippen LogP contribution is 2.62. The monoisotopic (exact) mass is 401 g/mol. The van der Waals surface area contributed by atoms with Gasteiger partial charge >= 0.3 is 0 Å². The standard InChI is InChI=1S/C17H19NO3.BrH.ClH/c1-18-7-6-17-10-3-5-13(20)16(17)21-15-12(19)4-2-9(14(15)17)8-11(10)18;;/h2,4,10-11,16,19H,3,5-8H2,1H3;2*1H/t10-,11+,16-,17-;;/m0../s1. The molecule has 5 rings (SSSR count). The Morgan fingerprint density at radius 3 is 2.96 bits per heavy atom. The van der Waals surface area contributed by atoms with Gasteiger partial charge in [-0.1, -0.05) is 6.07 Å². The molecule has 2 aliphatic heterocycles. The van der Waals surface area contributed by atoms with Crippen LogP contribution in [-0.4, -0.2) is 41.5 Å². The first-order valence-electron chi connectivity index (χ1n) is 7.88. The Morgan fingerprint density at radius 1 is 1.39 bits per heavy atom. The molecule has 1 aromatic rings. The molecule has 4 atom stereocenters. The van der Waals surface area contributed by atoms with Crippen molar-refractivity contribution in [3.05, 3.63) is 23.3 Å². The number of phenolic OH excluding ortho intramolecular Hbond substituents is 1. The maximum Gasteiger partial charge on any atom is 0.174 e. The fourth-order valence-electron chi connectivity index (χ4n) is 5.52.